The van der Waals surface area contributed by atoms with Crippen LogP contribution in [0.4, 0.5) is 0 Å². The molecule has 25 N–H and O–H groups in total. The van der Waals surface area contributed by atoms with Gasteiger partial charge in [-0.1, -0.05) is 91.6 Å². The number of amides is 13. The van der Waals surface area contributed by atoms with Gasteiger partial charge in [0.15, 0.2) is 5.96 Å². The van der Waals surface area contributed by atoms with Crippen LogP contribution in [0.15, 0.2) is 47.8 Å². The van der Waals surface area contributed by atoms with Gasteiger partial charge in [-0.25, -0.2) is 4.98 Å². The number of nitrogens with zero attached hydrogens (tertiary/aromatic N) is 2. The molecule has 0 spiro atoms. The molecule has 0 saturated heterocycles. The zero-order chi connectivity index (χ0) is 75.5. The number of primary amides is 2. The number of hydrogen-bond acceptors (Lipinski definition) is 19. The highest BCUT2D eigenvalue weighted by Gasteiger charge is 2.38. The Morgan fingerprint density at radius 2 is 0.980 bits per heavy atom. The summed E-state index contributed by atoms with van der Waals surface area (Å²) in [5, 5.41) is 56.2. The second-order valence-electron chi connectivity index (χ2n) is 24.9. The fourth-order valence-corrected chi connectivity index (χ4v) is 9.75. The van der Waals surface area contributed by atoms with Gasteiger partial charge in [0, 0.05) is 44.1 Å². The Bertz CT molecular complexity index is 3130. The number of aliphatic hydroxyl groups excluding tert-OH is 1. The van der Waals surface area contributed by atoms with E-state index in [1.807, 2.05) is 0 Å². The van der Waals surface area contributed by atoms with Gasteiger partial charge in [0.1, 0.15) is 66.5 Å². The van der Waals surface area contributed by atoms with Crippen LogP contribution < -0.4 is 87.2 Å². The Morgan fingerprint density at radius 1 is 0.520 bits per heavy atom. The molecule has 556 valence electrons. The quantitative estimate of drug-likeness (QED) is 0.0167. The first-order valence-electron chi connectivity index (χ1n) is 32.8. The minimum absolute atomic E-state index is 0.0166. The maximum atomic E-state index is 14.4. The lowest BCUT2D eigenvalue weighted by Gasteiger charge is -2.29. The third-order valence-corrected chi connectivity index (χ3v) is 15.7. The highest BCUT2D eigenvalue weighted by molar-refractivity contribution is 6.00. The largest absolute Gasteiger partial charge is 0.481 e. The summed E-state index contributed by atoms with van der Waals surface area (Å²) >= 11 is 0. The normalized spacial score (nSPS) is 15.0. The van der Waals surface area contributed by atoms with E-state index in [1.165, 1.54) is 33.3 Å². The number of aliphatic carboxylic acids is 2. The molecule has 0 aliphatic rings. The van der Waals surface area contributed by atoms with E-state index in [4.69, 9.17) is 28.7 Å². The minimum Gasteiger partial charge on any atom is -0.481 e. The predicted octanol–water partition coefficient (Wildman–Crippen LogP) is -5.44. The summed E-state index contributed by atoms with van der Waals surface area (Å²) in [5.41, 5.74) is 29.1. The first kappa shape index (κ1) is 85.8. The van der Waals surface area contributed by atoms with Crippen molar-refractivity contribution in [1.29, 1.82) is 0 Å². The number of H-pyrrole nitrogens is 1. The van der Waals surface area contributed by atoms with Crippen LogP contribution in [-0.4, -0.2) is 206 Å². The second kappa shape index (κ2) is 43.8. The van der Waals surface area contributed by atoms with Crippen molar-refractivity contribution in [3.05, 3.63) is 54.1 Å². The van der Waals surface area contributed by atoms with E-state index in [-0.39, 0.29) is 69.3 Å². The number of carboxylic acid groups (broad SMARTS) is 2. The molecule has 0 saturated carbocycles. The maximum Gasteiger partial charge on any atom is 0.303 e. The van der Waals surface area contributed by atoms with Crippen LogP contribution in [0, 0.1) is 17.8 Å². The first-order chi connectivity index (χ1) is 47.0. The fourth-order valence-electron chi connectivity index (χ4n) is 9.75. The number of hydrogen-bond donors (Lipinski definition) is 20. The van der Waals surface area contributed by atoms with Gasteiger partial charge in [-0.05, 0) is 68.8 Å². The van der Waals surface area contributed by atoms with Crippen molar-refractivity contribution in [2.45, 2.75) is 211 Å². The summed E-state index contributed by atoms with van der Waals surface area (Å²) in [4.78, 5) is 212. The molecule has 1 aromatic heterocycles. The molecule has 37 nitrogen and oxygen atoms in total. The summed E-state index contributed by atoms with van der Waals surface area (Å²) in [6.07, 6.45) is -0.272. The van der Waals surface area contributed by atoms with Crippen molar-refractivity contribution in [3.63, 3.8) is 0 Å². The Morgan fingerprint density at radius 3 is 1.47 bits per heavy atom. The van der Waals surface area contributed by atoms with E-state index in [0.29, 0.717) is 17.7 Å². The SMILES string of the molecule is CCC[C@H](NC(=O)[C@H](CC(C)C)NC(=O)[C@H](CC(N)=O)NC(=O)[C@@H](NC(=O)[C@H](CCC(=O)O)NC(=O)[C@H](CO)NC(=O)[C@@H](N)[C@@H](C)CC)C(C)C)C(=O)N[C@@H](C)C(=O)N[C@@H](CCC(=O)O)C(=O)N[C@@H](Cc1ccccc1)C(=O)N[C@@H](CCCN=C(N)N)C(=O)N[C@@H](Cc1cnc[nH]1)C(N)=O. The highest BCUT2D eigenvalue weighted by atomic mass is 16.4. The predicted molar refractivity (Wildman–Crippen MR) is 360 cm³/mol. The number of carboxylic acids is 2. The van der Waals surface area contributed by atoms with Gasteiger partial charge in [0.05, 0.1) is 25.4 Å². The van der Waals surface area contributed by atoms with Crippen molar-refractivity contribution in [2.24, 2.45) is 51.4 Å². The van der Waals surface area contributed by atoms with Crippen LogP contribution in [0.2, 0.25) is 0 Å². The van der Waals surface area contributed by atoms with Crippen LogP contribution in [-0.2, 0) is 84.8 Å². The molecule has 0 bridgehead atoms. The molecule has 100 heavy (non-hydrogen) atoms. The number of nitrogens with two attached hydrogens (primary N) is 5. The Balaban J connectivity index is 2.40. The van der Waals surface area contributed by atoms with Gasteiger partial charge in [0.25, 0.3) is 0 Å². The number of imidazole rings is 1. The molecule has 1 aromatic carbocycles. The Kier molecular flexibility index (Phi) is 37.6. The molecule has 13 amide bonds. The molecular weight excluding hydrogens is 1310 g/mol. The molecule has 0 aliphatic carbocycles. The van der Waals surface area contributed by atoms with Gasteiger partial charge in [0.2, 0.25) is 76.8 Å². The molecule has 2 rings (SSSR count). The van der Waals surface area contributed by atoms with Crippen molar-refractivity contribution >= 4 is 94.7 Å². The average molecular weight is 1410 g/mol. The van der Waals surface area contributed by atoms with Crippen molar-refractivity contribution < 1.29 is 87.2 Å². The van der Waals surface area contributed by atoms with Gasteiger partial charge in [-0.2, -0.15) is 0 Å². The Hall–Kier alpha value is -10.3. The zero-order valence-electron chi connectivity index (χ0n) is 57.6. The number of carbonyl (C=O) groups is 15. The van der Waals surface area contributed by atoms with Crippen LogP contribution in [0.1, 0.15) is 137 Å². The molecule has 13 atom stereocenters. The average Bonchev–Trinajstić information content (AvgIpc) is 0.924. The van der Waals surface area contributed by atoms with E-state index in [1.54, 1.807) is 65.0 Å². The van der Waals surface area contributed by atoms with Crippen LogP contribution >= 0.6 is 0 Å². The molecular formula is C63H101N19O18. The van der Waals surface area contributed by atoms with Crippen molar-refractivity contribution in [1.82, 2.24) is 68.5 Å². The number of nitrogens with one attached hydrogen (secondary N) is 12. The molecule has 0 unspecified atom stereocenters. The standard InChI is InChI=1S/C63H101N19O18/c1-9-15-37(74-57(95)42(24-31(3)4)78-59(97)44(27-46(64)84)80-62(100)50(32(5)6)82-56(94)40(20-22-48(87)88)76-60(98)45(29-83)81-61(99)49(65)33(7)10-2)53(91)72-34(8)52(90)73-39(19-21-47(85)86)55(93)79-43(25-35-16-12-11-13-17-35)58(96)75-38(18-14-23-70-63(67)68)54(92)77-41(51(66)89)26-36-28-69-30-71-36/h11-13,16-17,28,30-34,37-45,49-50,83H,9-10,14-15,18-27,29,65H2,1-8H3,(H2,64,84)(H2,66,89)(H,69,71)(H,72,91)(H,73,90)(H,74,95)(H,75,96)(H,76,98)(H,77,92)(H,78,97)(H,79,93)(H,80,100)(H,81,99)(H,82,94)(H,85,86)(H,87,88)(H4,67,68,70)/t33-,34-,37-,38-,39-,40-,41-,42-,43-,44-,45-,49-,50-/m0/s1. The number of aliphatic imine (C=N–C) groups is 1. The zero-order valence-corrected chi connectivity index (χ0v) is 57.6. The maximum absolute atomic E-state index is 14.4. The molecule has 2 aromatic rings. The summed E-state index contributed by atoms with van der Waals surface area (Å²) in [5.74, 6) is -17.5. The van der Waals surface area contributed by atoms with Gasteiger partial charge >= 0.3 is 11.9 Å². The number of aliphatic hydroxyl groups is 1. The molecule has 0 radical (unpaired) electrons. The monoisotopic (exact) mass is 1410 g/mol. The third-order valence-electron chi connectivity index (χ3n) is 15.7. The number of carbonyl (C=O) groups excluding carboxylic acids is 13. The third kappa shape index (κ3) is 31.5. The van der Waals surface area contributed by atoms with Gasteiger partial charge in [-0.15, -0.1) is 0 Å². The number of rotatable bonds is 47. The molecule has 37 heteroatoms. The minimum atomic E-state index is -1.82. The lowest BCUT2D eigenvalue weighted by atomic mass is 9.99. The highest BCUT2D eigenvalue weighted by Crippen LogP contribution is 2.14. The lowest BCUT2D eigenvalue weighted by molar-refractivity contribution is -0.139. The molecule has 0 fully saturated rings. The molecule has 1 heterocycles. The number of benzene rings is 1. The molecule has 0 aliphatic heterocycles. The Labute approximate surface area is 578 Å². The number of aromatic nitrogens is 2. The van der Waals surface area contributed by atoms with Crippen LogP contribution in [0.3, 0.4) is 0 Å². The second-order valence-corrected chi connectivity index (χ2v) is 24.9. The smallest absolute Gasteiger partial charge is 0.303 e. The van der Waals surface area contributed by atoms with E-state index in [9.17, 15) is 87.2 Å². The number of aromatic amines is 1. The summed E-state index contributed by atoms with van der Waals surface area (Å²) in [7, 11) is 0. The topological polar surface area (TPSA) is 620 Å². The summed E-state index contributed by atoms with van der Waals surface area (Å²) < 4.78 is 0. The van der Waals surface area contributed by atoms with Crippen molar-refractivity contribution in [3.8, 4) is 0 Å². The van der Waals surface area contributed by atoms with E-state index < -0.39 is 206 Å². The summed E-state index contributed by atoms with van der Waals surface area (Å²) in [6.45, 7) is 11.7. The van der Waals surface area contributed by atoms with Crippen molar-refractivity contribution in [2.75, 3.05) is 13.2 Å². The number of guanidine groups is 1. The van der Waals surface area contributed by atoms with Crippen LogP contribution in [0.5, 0.6) is 0 Å². The van der Waals surface area contributed by atoms with Gasteiger partial charge < -0.3 is 107 Å². The van der Waals surface area contributed by atoms with E-state index >= 15 is 0 Å². The van der Waals surface area contributed by atoms with E-state index in [0.717, 1.165) is 0 Å². The fraction of sp³-hybridized carbons (Fsp3) is 0.603. The lowest BCUT2D eigenvalue weighted by Crippen LogP contribution is -2.61. The first-order valence-corrected chi connectivity index (χ1v) is 32.8. The van der Waals surface area contributed by atoms with Crippen LogP contribution in [0.25, 0.3) is 0 Å². The summed E-state index contributed by atoms with van der Waals surface area (Å²) in [6, 6.07) is -9.82. The van der Waals surface area contributed by atoms with E-state index in [2.05, 4.69) is 73.4 Å². The van der Waals surface area contributed by atoms with Gasteiger partial charge in [-0.3, -0.25) is 76.9 Å².